The highest BCUT2D eigenvalue weighted by molar-refractivity contribution is 9.11. The van der Waals surface area contributed by atoms with Crippen LogP contribution >= 0.6 is 43.6 Å². The van der Waals surface area contributed by atoms with Gasteiger partial charge < -0.3 is 18.9 Å². The number of esters is 2. The smallest absolute Gasteiger partial charge is 0.330 e. The quantitative estimate of drug-likeness (QED) is 0.187. The molecule has 0 atom stereocenters. The van der Waals surface area contributed by atoms with Gasteiger partial charge in [-0.3, -0.25) is 0 Å². The monoisotopic (exact) mass is 570 g/mol. The van der Waals surface area contributed by atoms with Gasteiger partial charge in [-0.05, 0) is 68.3 Å². The van der Waals surface area contributed by atoms with Crippen molar-refractivity contribution in [3.63, 3.8) is 0 Å². The second-order valence-corrected chi connectivity index (χ2v) is 8.58. The Morgan fingerprint density at radius 2 is 1.19 bits per heavy atom. The van der Waals surface area contributed by atoms with E-state index in [2.05, 4.69) is 45.0 Å². The molecule has 0 unspecified atom stereocenters. The van der Waals surface area contributed by atoms with E-state index in [-0.39, 0.29) is 26.4 Å². The standard InChI is InChI=1S/C22H20Br2O6S/c1-3-21(25)29-11-9-27-19-7-5-15(13-17(19)23)31-16-6-8-20(18(24)14-16)28-10-12-30-22(26)4-2/h3-8,13-14H,1-2,9-12H2. The summed E-state index contributed by atoms with van der Waals surface area (Å²) in [4.78, 5) is 24.0. The fraction of sp³-hybridized carbons (Fsp3) is 0.182. The predicted molar refractivity (Wildman–Crippen MR) is 126 cm³/mol. The minimum absolute atomic E-state index is 0.146. The Morgan fingerprint density at radius 3 is 1.55 bits per heavy atom. The van der Waals surface area contributed by atoms with Gasteiger partial charge in [0, 0.05) is 21.9 Å². The summed E-state index contributed by atoms with van der Waals surface area (Å²) < 4.78 is 22.6. The first-order valence-electron chi connectivity index (χ1n) is 9.04. The molecule has 0 saturated carbocycles. The van der Waals surface area contributed by atoms with Gasteiger partial charge in [-0.1, -0.05) is 24.9 Å². The third-order valence-electron chi connectivity index (χ3n) is 3.55. The Labute approximate surface area is 201 Å². The van der Waals surface area contributed by atoms with Crippen molar-refractivity contribution < 1.29 is 28.5 Å². The van der Waals surface area contributed by atoms with Crippen LogP contribution < -0.4 is 9.47 Å². The first-order valence-corrected chi connectivity index (χ1v) is 11.4. The molecule has 0 heterocycles. The highest BCUT2D eigenvalue weighted by Crippen LogP contribution is 2.37. The van der Waals surface area contributed by atoms with Crippen molar-refractivity contribution in [2.45, 2.75) is 9.79 Å². The van der Waals surface area contributed by atoms with Gasteiger partial charge in [0.25, 0.3) is 0 Å². The van der Waals surface area contributed by atoms with Crippen LogP contribution in [0, 0.1) is 0 Å². The molecule has 0 aliphatic heterocycles. The summed E-state index contributed by atoms with van der Waals surface area (Å²) in [6.07, 6.45) is 2.22. The number of halogens is 2. The predicted octanol–water partition coefficient (Wildman–Crippen LogP) is 5.58. The fourth-order valence-corrected chi connectivity index (χ4v) is 4.35. The third kappa shape index (κ3) is 8.80. The van der Waals surface area contributed by atoms with Crippen molar-refractivity contribution >= 4 is 55.6 Å². The highest BCUT2D eigenvalue weighted by Gasteiger charge is 2.08. The van der Waals surface area contributed by atoms with Gasteiger partial charge in [0.1, 0.15) is 37.9 Å². The van der Waals surface area contributed by atoms with Crippen LogP contribution in [-0.2, 0) is 19.1 Å². The molecule has 0 amide bonds. The van der Waals surface area contributed by atoms with Crippen LogP contribution in [-0.4, -0.2) is 38.4 Å². The molecule has 2 aromatic carbocycles. The number of hydrogen-bond donors (Lipinski definition) is 0. The van der Waals surface area contributed by atoms with E-state index in [4.69, 9.17) is 18.9 Å². The summed E-state index contributed by atoms with van der Waals surface area (Å²) >= 11 is 8.57. The molecule has 0 aromatic heterocycles. The maximum atomic E-state index is 11.0. The summed E-state index contributed by atoms with van der Waals surface area (Å²) in [5.41, 5.74) is 0. The Hall–Kier alpha value is -2.23. The fourth-order valence-electron chi connectivity index (χ4n) is 2.17. The van der Waals surface area contributed by atoms with Crippen LogP contribution in [0.5, 0.6) is 11.5 Å². The van der Waals surface area contributed by atoms with Crippen molar-refractivity contribution in [1.82, 2.24) is 0 Å². The van der Waals surface area contributed by atoms with E-state index in [1.165, 1.54) is 0 Å². The largest absolute Gasteiger partial charge is 0.489 e. The van der Waals surface area contributed by atoms with Crippen LogP contribution in [0.25, 0.3) is 0 Å². The van der Waals surface area contributed by atoms with E-state index >= 15 is 0 Å². The van der Waals surface area contributed by atoms with Crippen LogP contribution in [0.1, 0.15) is 0 Å². The molecule has 0 aliphatic rings. The van der Waals surface area contributed by atoms with Crippen LogP contribution in [0.3, 0.4) is 0 Å². The number of carbonyl (C=O) groups excluding carboxylic acids is 2. The number of benzene rings is 2. The molecule has 0 radical (unpaired) electrons. The average molecular weight is 572 g/mol. The average Bonchev–Trinajstić information content (AvgIpc) is 2.76. The van der Waals surface area contributed by atoms with E-state index in [0.29, 0.717) is 11.5 Å². The molecule has 2 aromatic rings. The minimum Gasteiger partial charge on any atom is -0.489 e. The zero-order chi connectivity index (χ0) is 22.6. The van der Waals surface area contributed by atoms with Gasteiger partial charge in [-0.2, -0.15) is 0 Å². The van der Waals surface area contributed by atoms with E-state index in [9.17, 15) is 9.59 Å². The van der Waals surface area contributed by atoms with Gasteiger partial charge in [0.2, 0.25) is 0 Å². The lowest BCUT2D eigenvalue weighted by molar-refractivity contribution is -0.139. The lowest BCUT2D eigenvalue weighted by atomic mass is 10.3. The molecule has 0 spiro atoms. The molecule has 0 saturated heterocycles. The molecular formula is C22H20Br2O6S. The second-order valence-electron chi connectivity index (χ2n) is 5.73. The lowest BCUT2D eigenvalue weighted by Crippen LogP contribution is -2.10. The Kier molecular flexibility index (Phi) is 10.7. The maximum Gasteiger partial charge on any atom is 0.330 e. The Bertz CT molecular complexity index is 872. The topological polar surface area (TPSA) is 71.1 Å². The van der Waals surface area contributed by atoms with Gasteiger partial charge in [0.15, 0.2) is 0 Å². The first kappa shape index (κ1) is 25.0. The van der Waals surface area contributed by atoms with Crippen LogP contribution in [0.15, 0.2) is 80.4 Å². The van der Waals surface area contributed by atoms with Crippen molar-refractivity contribution in [3.05, 3.63) is 70.7 Å². The van der Waals surface area contributed by atoms with Crippen molar-refractivity contribution in [2.75, 3.05) is 26.4 Å². The molecule has 164 valence electrons. The molecule has 2 rings (SSSR count). The number of hydrogen-bond acceptors (Lipinski definition) is 7. The molecule has 9 heteroatoms. The Morgan fingerprint density at radius 1 is 0.774 bits per heavy atom. The highest BCUT2D eigenvalue weighted by atomic mass is 79.9. The van der Waals surface area contributed by atoms with Crippen LogP contribution in [0.2, 0.25) is 0 Å². The second kappa shape index (κ2) is 13.2. The summed E-state index contributed by atoms with van der Waals surface area (Å²) in [5, 5.41) is 0. The summed E-state index contributed by atoms with van der Waals surface area (Å²) in [5.74, 6) is 0.350. The summed E-state index contributed by atoms with van der Waals surface area (Å²) in [7, 11) is 0. The zero-order valence-corrected chi connectivity index (χ0v) is 20.5. The minimum atomic E-state index is -0.479. The normalized spacial score (nSPS) is 10.1. The van der Waals surface area contributed by atoms with Gasteiger partial charge in [-0.25, -0.2) is 9.59 Å². The summed E-state index contributed by atoms with van der Waals surface area (Å²) in [6, 6.07) is 11.5. The van der Waals surface area contributed by atoms with Gasteiger partial charge >= 0.3 is 11.9 Å². The molecule has 0 bridgehead atoms. The lowest BCUT2D eigenvalue weighted by Gasteiger charge is -2.11. The van der Waals surface area contributed by atoms with Crippen LogP contribution in [0.4, 0.5) is 0 Å². The molecule has 0 aliphatic carbocycles. The maximum absolute atomic E-state index is 11.0. The third-order valence-corrected chi connectivity index (χ3v) is 5.76. The molecule has 31 heavy (non-hydrogen) atoms. The van der Waals surface area contributed by atoms with Gasteiger partial charge in [-0.15, -0.1) is 0 Å². The van der Waals surface area contributed by atoms with Crippen molar-refractivity contribution in [3.8, 4) is 11.5 Å². The SMILES string of the molecule is C=CC(=O)OCCOc1ccc(Sc2ccc(OCCOC(=O)C=C)c(Br)c2)cc1Br. The summed E-state index contributed by atoms with van der Waals surface area (Å²) in [6.45, 7) is 7.45. The number of rotatable bonds is 12. The van der Waals surface area contributed by atoms with E-state index < -0.39 is 11.9 Å². The Balaban J connectivity index is 1.87. The zero-order valence-electron chi connectivity index (χ0n) is 16.5. The number of carbonyl (C=O) groups is 2. The first-order chi connectivity index (χ1) is 14.9. The van der Waals surface area contributed by atoms with E-state index in [1.54, 1.807) is 11.8 Å². The molecule has 0 fully saturated rings. The van der Waals surface area contributed by atoms with Crippen molar-refractivity contribution in [1.29, 1.82) is 0 Å². The van der Waals surface area contributed by atoms with E-state index in [0.717, 1.165) is 30.9 Å². The molecule has 0 N–H and O–H groups in total. The van der Waals surface area contributed by atoms with E-state index in [1.807, 2.05) is 36.4 Å². The van der Waals surface area contributed by atoms with Crippen molar-refractivity contribution in [2.24, 2.45) is 0 Å². The number of ether oxygens (including phenoxy) is 4. The molecule has 6 nitrogen and oxygen atoms in total. The van der Waals surface area contributed by atoms with Gasteiger partial charge in [0.05, 0.1) is 8.95 Å². The molecular weight excluding hydrogens is 552 g/mol.